The number of esters is 2. The highest BCUT2D eigenvalue weighted by Crippen LogP contribution is 2.37. The first-order chi connectivity index (χ1) is 14.4. The third-order valence-electron chi connectivity index (χ3n) is 5.44. The van der Waals surface area contributed by atoms with Crippen molar-refractivity contribution in [2.45, 2.75) is 84.1 Å². The van der Waals surface area contributed by atoms with E-state index >= 15 is 0 Å². The summed E-state index contributed by atoms with van der Waals surface area (Å²) in [6.07, 6.45) is 1.57. The lowest BCUT2D eigenvalue weighted by Crippen LogP contribution is -2.44. The summed E-state index contributed by atoms with van der Waals surface area (Å²) in [6.45, 7) is 14.8. The third-order valence-corrected chi connectivity index (χ3v) is 10.0. The van der Waals surface area contributed by atoms with Gasteiger partial charge in [-0.25, -0.2) is 4.79 Å². The molecule has 0 spiro atoms. The number of hydrogen-bond acceptors (Lipinski definition) is 6. The standard InChI is InChI=1S/C24H38O6Si/c1-18(30-31(7,8)24(3,4)5)16-23(26)29-19(2)21(14-15-22(25)27-6)28-17-20-12-10-9-11-13-20/h9-15,18-19,21H,16-17H2,1-8H3/b15-14+/t18-,19-,21+/m0/s1. The van der Waals surface area contributed by atoms with Crippen LogP contribution in [-0.4, -0.2) is 45.7 Å². The van der Waals surface area contributed by atoms with Crippen molar-refractivity contribution in [1.82, 2.24) is 0 Å². The van der Waals surface area contributed by atoms with Gasteiger partial charge in [-0.05, 0) is 43.6 Å². The molecular formula is C24H38O6Si. The Morgan fingerprint density at radius 2 is 1.71 bits per heavy atom. The van der Waals surface area contributed by atoms with Gasteiger partial charge >= 0.3 is 11.9 Å². The predicted molar refractivity (Wildman–Crippen MR) is 124 cm³/mol. The second kappa shape index (κ2) is 12.2. The number of carbonyl (C=O) groups is 2. The Kier molecular flexibility index (Phi) is 10.6. The molecule has 174 valence electrons. The van der Waals surface area contributed by atoms with E-state index in [9.17, 15) is 9.59 Å². The largest absolute Gasteiger partial charge is 0.466 e. The first kappa shape index (κ1) is 27.1. The van der Waals surface area contributed by atoms with Gasteiger partial charge in [0.1, 0.15) is 12.2 Å². The second-order valence-electron chi connectivity index (χ2n) is 9.23. The van der Waals surface area contributed by atoms with Gasteiger partial charge in [0.15, 0.2) is 8.32 Å². The minimum Gasteiger partial charge on any atom is -0.466 e. The van der Waals surface area contributed by atoms with Gasteiger partial charge in [0.25, 0.3) is 0 Å². The number of carbonyl (C=O) groups excluding carboxylic acids is 2. The summed E-state index contributed by atoms with van der Waals surface area (Å²) >= 11 is 0. The summed E-state index contributed by atoms with van der Waals surface area (Å²) in [6, 6.07) is 9.65. The molecule has 0 aliphatic carbocycles. The Bertz CT molecular complexity index is 723. The van der Waals surface area contributed by atoms with Crippen LogP contribution in [0.4, 0.5) is 0 Å². The van der Waals surface area contributed by atoms with Gasteiger partial charge in [0.2, 0.25) is 0 Å². The van der Waals surface area contributed by atoms with E-state index in [1.165, 1.54) is 13.2 Å². The smallest absolute Gasteiger partial charge is 0.330 e. The van der Waals surface area contributed by atoms with Crippen LogP contribution in [0.1, 0.15) is 46.6 Å². The lowest BCUT2D eigenvalue weighted by molar-refractivity contribution is -0.156. The van der Waals surface area contributed by atoms with Crippen molar-refractivity contribution in [3.63, 3.8) is 0 Å². The SMILES string of the molecule is COC(=O)/C=C/[C@@H](OCc1ccccc1)[C@H](C)OC(=O)C[C@H](C)O[Si](C)(C)C(C)(C)C. The molecule has 0 saturated heterocycles. The molecule has 6 nitrogen and oxygen atoms in total. The minimum absolute atomic E-state index is 0.0630. The predicted octanol–water partition coefficient (Wildman–Crippen LogP) is 5.03. The zero-order valence-electron chi connectivity index (χ0n) is 20.1. The Hall–Kier alpha value is -1.96. The molecule has 0 amide bonds. The molecule has 0 aliphatic heterocycles. The summed E-state index contributed by atoms with van der Waals surface area (Å²) in [5, 5.41) is 0.0630. The number of benzene rings is 1. The van der Waals surface area contributed by atoms with Crippen LogP contribution in [0, 0.1) is 0 Å². The van der Waals surface area contributed by atoms with Crippen molar-refractivity contribution >= 4 is 20.3 Å². The summed E-state index contributed by atoms with van der Waals surface area (Å²) in [7, 11) is -0.666. The topological polar surface area (TPSA) is 71.1 Å². The summed E-state index contributed by atoms with van der Waals surface area (Å²) in [5.41, 5.74) is 0.980. The van der Waals surface area contributed by atoms with E-state index < -0.39 is 26.5 Å². The molecule has 0 heterocycles. The fraction of sp³-hybridized carbons (Fsp3) is 0.583. The van der Waals surface area contributed by atoms with Gasteiger partial charge in [-0.2, -0.15) is 0 Å². The van der Waals surface area contributed by atoms with E-state index in [4.69, 9.17) is 13.9 Å². The van der Waals surface area contributed by atoms with Crippen LogP contribution in [0.15, 0.2) is 42.5 Å². The fourth-order valence-electron chi connectivity index (χ4n) is 2.63. The average Bonchev–Trinajstić information content (AvgIpc) is 2.66. The average molecular weight is 451 g/mol. The van der Waals surface area contributed by atoms with E-state index in [0.717, 1.165) is 5.56 Å². The third kappa shape index (κ3) is 9.80. The van der Waals surface area contributed by atoms with Crippen LogP contribution in [0.25, 0.3) is 0 Å². The molecule has 0 N–H and O–H groups in total. The maximum atomic E-state index is 12.5. The molecular weight excluding hydrogens is 412 g/mol. The fourth-order valence-corrected chi connectivity index (χ4v) is 4.08. The zero-order chi connectivity index (χ0) is 23.7. The number of rotatable bonds is 11. The van der Waals surface area contributed by atoms with Crippen molar-refractivity contribution < 1.29 is 28.2 Å². The van der Waals surface area contributed by atoms with Crippen molar-refractivity contribution in [2.75, 3.05) is 7.11 Å². The Labute approximate surface area is 188 Å². The summed E-state index contributed by atoms with van der Waals surface area (Å²) in [4.78, 5) is 24.0. The van der Waals surface area contributed by atoms with Crippen LogP contribution in [0.3, 0.4) is 0 Å². The molecule has 0 fully saturated rings. The first-order valence-corrected chi connectivity index (χ1v) is 13.6. The van der Waals surface area contributed by atoms with Crippen LogP contribution in [0.5, 0.6) is 0 Å². The van der Waals surface area contributed by atoms with Gasteiger partial charge in [0.05, 0.1) is 26.2 Å². The van der Waals surface area contributed by atoms with Crippen LogP contribution in [0.2, 0.25) is 18.1 Å². The summed E-state index contributed by atoms with van der Waals surface area (Å²) in [5.74, 6) is -0.860. The van der Waals surface area contributed by atoms with Crippen LogP contribution < -0.4 is 0 Å². The van der Waals surface area contributed by atoms with Crippen LogP contribution >= 0.6 is 0 Å². The lowest BCUT2D eigenvalue weighted by Gasteiger charge is -2.38. The van der Waals surface area contributed by atoms with E-state index in [1.54, 1.807) is 13.0 Å². The maximum absolute atomic E-state index is 12.5. The van der Waals surface area contributed by atoms with E-state index in [1.807, 2.05) is 37.3 Å². The van der Waals surface area contributed by atoms with Crippen molar-refractivity contribution in [1.29, 1.82) is 0 Å². The zero-order valence-corrected chi connectivity index (χ0v) is 21.1. The van der Waals surface area contributed by atoms with Crippen molar-refractivity contribution in [2.24, 2.45) is 0 Å². The lowest BCUT2D eigenvalue weighted by atomic mass is 10.2. The van der Waals surface area contributed by atoms with Crippen LogP contribution in [-0.2, 0) is 34.8 Å². The molecule has 3 atom stereocenters. The molecule has 1 aromatic rings. The number of methoxy groups -OCH3 is 1. The minimum atomic E-state index is -1.97. The highest BCUT2D eigenvalue weighted by Gasteiger charge is 2.38. The van der Waals surface area contributed by atoms with Gasteiger partial charge in [0, 0.05) is 6.08 Å². The molecule has 0 saturated carbocycles. The molecule has 0 unspecified atom stereocenters. The van der Waals surface area contributed by atoms with Crippen molar-refractivity contribution in [3.8, 4) is 0 Å². The van der Waals surface area contributed by atoms with Gasteiger partial charge < -0.3 is 18.6 Å². The van der Waals surface area contributed by atoms with Crippen molar-refractivity contribution in [3.05, 3.63) is 48.0 Å². The maximum Gasteiger partial charge on any atom is 0.330 e. The quantitative estimate of drug-likeness (QED) is 0.267. The molecule has 31 heavy (non-hydrogen) atoms. The summed E-state index contributed by atoms with van der Waals surface area (Å²) < 4.78 is 22.4. The highest BCUT2D eigenvalue weighted by atomic mass is 28.4. The molecule has 0 aliphatic rings. The first-order valence-electron chi connectivity index (χ1n) is 10.6. The Morgan fingerprint density at radius 3 is 2.26 bits per heavy atom. The molecule has 0 aromatic heterocycles. The molecule has 1 aromatic carbocycles. The molecule has 1 rings (SSSR count). The Balaban J connectivity index is 2.72. The second-order valence-corrected chi connectivity index (χ2v) is 14.0. The van der Waals surface area contributed by atoms with Gasteiger partial charge in [-0.3, -0.25) is 4.79 Å². The molecule has 0 radical (unpaired) electrons. The Morgan fingerprint density at radius 1 is 1.10 bits per heavy atom. The van der Waals surface area contributed by atoms with E-state index in [-0.39, 0.29) is 23.5 Å². The molecule has 0 bridgehead atoms. The monoisotopic (exact) mass is 450 g/mol. The molecule has 7 heteroatoms. The number of ether oxygens (including phenoxy) is 3. The normalized spacial score (nSPS) is 15.4. The van der Waals surface area contributed by atoms with Gasteiger partial charge in [-0.15, -0.1) is 0 Å². The highest BCUT2D eigenvalue weighted by molar-refractivity contribution is 6.74. The van der Waals surface area contributed by atoms with Gasteiger partial charge in [-0.1, -0.05) is 51.1 Å². The van der Waals surface area contributed by atoms with E-state index in [0.29, 0.717) is 6.61 Å². The number of hydrogen-bond donors (Lipinski definition) is 0. The van der Waals surface area contributed by atoms with E-state index in [2.05, 4.69) is 38.6 Å².